The van der Waals surface area contributed by atoms with Crippen molar-refractivity contribution in [2.24, 2.45) is 11.3 Å². The number of hydrogen-bond donors (Lipinski definition) is 1. The Balaban J connectivity index is 2.21. The maximum absolute atomic E-state index is 13.7. The minimum Gasteiger partial charge on any atom is -0.342 e. The summed E-state index contributed by atoms with van der Waals surface area (Å²) in [6.45, 7) is 14.4. The van der Waals surface area contributed by atoms with Crippen LogP contribution in [0.2, 0.25) is 0 Å². The molecule has 0 unspecified atom stereocenters. The van der Waals surface area contributed by atoms with Crippen LogP contribution in [0.1, 0.15) is 73.6 Å². The highest BCUT2D eigenvalue weighted by Crippen LogP contribution is 2.25. The number of likely N-dealkylation sites (tertiary alicyclic amines) is 2. The van der Waals surface area contributed by atoms with Gasteiger partial charge in [0.05, 0.1) is 12.1 Å². The maximum atomic E-state index is 13.7. The van der Waals surface area contributed by atoms with Gasteiger partial charge in [-0.1, -0.05) is 47.1 Å². The molecule has 2 saturated heterocycles. The van der Waals surface area contributed by atoms with Crippen LogP contribution >= 0.6 is 0 Å². The van der Waals surface area contributed by atoms with E-state index in [1.807, 2.05) is 45.7 Å². The highest BCUT2D eigenvalue weighted by atomic mass is 16.2. The average molecular weight is 463 g/mol. The van der Waals surface area contributed by atoms with Gasteiger partial charge in [0.15, 0.2) is 0 Å². The lowest BCUT2D eigenvalue weighted by Crippen LogP contribution is -2.59. The summed E-state index contributed by atoms with van der Waals surface area (Å²) in [7, 11) is 3.76. The summed E-state index contributed by atoms with van der Waals surface area (Å²) >= 11 is 0. The van der Waals surface area contributed by atoms with Crippen LogP contribution in [0.5, 0.6) is 0 Å². The first-order chi connectivity index (χ1) is 15.3. The molecule has 188 valence electrons. The van der Waals surface area contributed by atoms with Crippen molar-refractivity contribution < 1.29 is 14.4 Å². The predicted octanol–water partition coefficient (Wildman–Crippen LogP) is 3.05. The third-order valence-electron chi connectivity index (χ3n) is 7.10. The largest absolute Gasteiger partial charge is 0.342 e. The number of nitrogens with one attached hydrogen (secondary N) is 1. The molecule has 1 N–H and O–H groups in total. The fourth-order valence-electron chi connectivity index (χ4n) is 4.89. The van der Waals surface area contributed by atoms with Crippen LogP contribution in [0.15, 0.2) is 11.6 Å². The lowest BCUT2D eigenvalue weighted by molar-refractivity contribution is -0.141. The van der Waals surface area contributed by atoms with Gasteiger partial charge in [0.25, 0.3) is 0 Å². The van der Waals surface area contributed by atoms with E-state index < -0.39 is 11.5 Å². The molecule has 2 fully saturated rings. The Labute approximate surface area is 200 Å². The molecule has 0 bridgehead atoms. The molecule has 0 saturated carbocycles. The Morgan fingerprint density at radius 2 is 1.61 bits per heavy atom. The molecule has 33 heavy (non-hydrogen) atoms. The molecule has 0 aromatic heterocycles. The van der Waals surface area contributed by atoms with Crippen LogP contribution in [0.25, 0.3) is 0 Å². The van der Waals surface area contributed by atoms with Gasteiger partial charge in [0.1, 0.15) is 6.04 Å². The van der Waals surface area contributed by atoms with Crippen LogP contribution in [0.4, 0.5) is 0 Å². The number of hydrogen-bond acceptors (Lipinski definition) is 4. The molecule has 2 aliphatic rings. The number of amides is 3. The highest BCUT2D eigenvalue weighted by Gasteiger charge is 2.39. The van der Waals surface area contributed by atoms with Gasteiger partial charge in [-0.3, -0.25) is 19.3 Å². The number of piperidine rings is 1. The van der Waals surface area contributed by atoms with E-state index in [-0.39, 0.29) is 35.7 Å². The van der Waals surface area contributed by atoms with Gasteiger partial charge in [-0.25, -0.2) is 0 Å². The molecule has 3 amide bonds. The van der Waals surface area contributed by atoms with Crippen molar-refractivity contribution in [2.45, 2.75) is 91.8 Å². The first-order valence-electron chi connectivity index (χ1n) is 12.6. The zero-order chi connectivity index (χ0) is 24.9. The SMILES string of the molecule is C/C(=C\[C@H](C(C)C)N(C)C(=O)[C@@H](NC(=O)[C@H]1CCCCN1C)C(C)(C)C)C(=O)N1CCCC1. The van der Waals surface area contributed by atoms with Crippen molar-refractivity contribution in [1.29, 1.82) is 0 Å². The van der Waals surface area contributed by atoms with Crippen molar-refractivity contribution in [3.63, 3.8) is 0 Å². The zero-order valence-electron chi connectivity index (χ0n) is 22.1. The lowest BCUT2D eigenvalue weighted by atomic mass is 9.84. The quantitative estimate of drug-likeness (QED) is 0.590. The smallest absolute Gasteiger partial charge is 0.249 e. The molecule has 7 nitrogen and oxygen atoms in total. The third kappa shape index (κ3) is 7.05. The third-order valence-corrected chi connectivity index (χ3v) is 7.10. The Kier molecular flexibility index (Phi) is 9.53. The summed E-state index contributed by atoms with van der Waals surface area (Å²) in [5.74, 6) is -0.0114. The summed E-state index contributed by atoms with van der Waals surface area (Å²) < 4.78 is 0. The highest BCUT2D eigenvalue weighted by molar-refractivity contribution is 5.93. The summed E-state index contributed by atoms with van der Waals surface area (Å²) in [5.41, 5.74) is 0.232. The van der Waals surface area contributed by atoms with E-state index in [2.05, 4.69) is 24.1 Å². The topological polar surface area (TPSA) is 73.0 Å². The van der Waals surface area contributed by atoms with E-state index in [1.165, 1.54) is 0 Å². The monoisotopic (exact) mass is 462 g/mol. The van der Waals surface area contributed by atoms with E-state index >= 15 is 0 Å². The van der Waals surface area contributed by atoms with Gasteiger partial charge in [-0.05, 0) is 57.5 Å². The average Bonchev–Trinajstić information content (AvgIpc) is 3.28. The number of likely N-dealkylation sites (N-methyl/N-ethyl adjacent to an activating group) is 2. The molecule has 2 rings (SSSR count). The molecular weight excluding hydrogens is 416 g/mol. The summed E-state index contributed by atoms with van der Waals surface area (Å²) in [6.07, 6.45) is 6.98. The molecule has 2 aliphatic heterocycles. The van der Waals surface area contributed by atoms with Gasteiger partial charge in [-0.15, -0.1) is 0 Å². The molecule has 0 aliphatic carbocycles. The second kappa shape index (κ2) is 11.5. The van der Waals surface area contributed by atoms with Crippen molar-refractivity contribution >= 4 is 17.7 Å². The summed E-state index contributed by atoms with van der Waals surface area (Å²) in [5, 5.41) is 3.08. The van der Waals surface area contributed by atoms with E-state index in [1.54, 1.807) is 11.9 Å². The van der Waals surface area contributed by atoms with Crippen LogP contribution in [-0.4, -0.2) is 84.3 Å². The van der Waals surface area contributed by atoms with Crippen molar-refractivity contribution in [2.75, 3.05) is 33.7 Å². The fourth-order valence-corrected chi connectivity index (χ4v) is 4.89. The van der Waals surface area contributed by atoms with E-state index in [0.29, 0.717) is 5.57 Å². The molecule has 0 aromatic rings. The van der Waals surface area contributed by atoms with Gasteiger partial charge in [-0.2, -0.15) is 0 Å². The Morgan fingerprint density at radius 3 is 2.12 bits per heavy atom. The molecule has 2 heterocycles. The number of nitrogens with zero attached hydrogens (tertiary/aromatic N) is 3. The second-order valence-corrected chi connectivity index (χ2v) is 11.3. The Hall–Kier alpha value is -1.89. The van der Waals surface area contributed by atoms with Crippen LogP contribution in [0.3, 0.4) is 0 Å². The molecule has 3 atom stereocenters. The van der Waals surface area contributed by atoms with Gasteiger partial charge in [0.2, 0.25) is 17.7 Å². The van der Waals surface area contributed by atoms with Crippen molar-refractivity contribution in [3.8, 4) is 0 Å². The number of rotatable bonds is 7. The summed E-state index contributed by atoms with van der Waals surface area (Å²) in [4.78, 5) is 45.4. The Bertz CT molecular complexity index is 734. The van der Waals surface area contributed by atoms with Crippen LogP contribution < -0.4 is 5.32 Å². The standard InChI is InChI=1S/C26H46N4O3/c1-18(2)21(17-19(3)24(32)30-15-11-12-16-30)29(8)25(33)22(26(4,5)6)27-23(31)20-13-9-10-14-28(20)7/h17-18,20-22H,9-16H2,1-8H3,(H,27,31)/b19-17+/t20-,21-,22-/m1/s1. The molecule has 0 aromatic carbocycles. The molecular formula is C26H46N4O3. The molecule has 7 heteroatoms. The van der Waals surface area contributed by atoms with Crippen molar-refractivity contribution in [1.82, 2.24) is 20.0 Å². The van der Waals surface area contributed by atoms with Crippen LogP contribution in [0, 0.1) is 11.3 Å². The van der Waals surface area contributed by atoms with Gasteiger partial charge < -0.3 is 15.1 Å². The molecule has 0 radical (unpaired) electrons. The lowest BCUT2D eigenvalue weighted by Gasteiger charge is -2.39. The number of carbonyl (C=O) groups is 3. The normalized spacial score (nSPS) is 22.3. The predicted molar refractivity (Wildman–Crippen MR) is 133 cm³/mol. The Morgan fingerprint density at radius 1 is 1.03 bits per heavy atom. The van der Waals surface area contributed by atoms with Crippen molar-refractivity contribution in [3.05, 3.63) is 11.6 Å². The van der Waals surface area contributed by atoms with Crippen LogP contribution in [-0.2, 0) is 14.4 Å². The minimum atomic E-state index is -0.644. The second-order valence-electron chi connectivity index (χ2n) is 11.3. The van der Waals surface area contributed by atoms with E-state index in [9.17, 15) is 14.4 Å². The molecule has 0 spiro atoms. The summed E-state index contributed by atoms with van der Waals surface area (Å²) in [6, 6.07) is -1.07. The maximum Gasteiger partial charge on any atom is 0.249 e. The first-order valence-corrected chi connectivity index (χ1v) is 12.6. The number of carbonyl (C=O) groups excluding carboxylic acids is 3. The van der Waals surface area contributed by atoms with E-state index in [4.69, 9.17) is 0 Å². The fraction of sp³-hybridized carbons (Fsp3) is 0.808. The van der Waals surface area contributed by atoms with E-state index in [0.717, 1.165) is 51.7 Å². The zero-order valence-corrected chi connectivity index (χ0v) is 22.1. The van der Waals surface area contributed by atoms with Gasteiger partial charge >= 0.3 is 0 Å². The minimum absolute atomic E-state index is 0.0556. The first kappa shape index (κ1) is 27.4. The van der Waals surface area contributed by atoms with Gasteiger partial charge in [0, 0.05) is 25.7 Å².